The molecule has 0 aliphatic heterocycles. The topological polar surface area (TPSA) is 122 Å². The molecule has 12 heteroatoms. The fourth-order valence-electron chi connectivity index (χ4n) is 3.53. The van der Waals surface area contributed by atoms with Gasteiger partial charge < -0.3 is 19.4 Å². The Morgan fingerprint density at radius 3 is 2.62 bits per heavy atom. The van der Waals surface area contributed by atoms with E-state index in [1.807, 2.05) is 37.4 Å². The molecular formula is C22H24N6O5S. The molecule has 0 fully saturated rings. The number of hydrogen-bond acceptors (Lipinski definition) is 8. The highest BCUT2D eigenvalue weighted by Gasteiger charge is 2.17. The molecule has 0 atom stereocenters. The van der Waals surface area contributed by atoms with E-state index in [0.717, 1.165) is 10.1 Å². The van der Waals surface area contributed by atoms with Gasteiger partial charge in [0.15, 0.2) is 16.3 Å². The maximum atomic E-state index is 12.7. The van der Waals surface area contributed by atoms with Crippen molar-refractivity contribution in [1.29, 1.82) is 0 Å². The van der Waals surface area contributed by atoms with Crippen LogP contribution in [0.4, 0.5) is 5.13 Å². The molecule has 0 spiro atoms. The number of aryl methyl sites for hydroxylation is 1. The Balaban J connectivity index is 1.57. The summed E-state index contributed by atoms with van der Waals surface area (Å²) in [5, 5.41) is 4.97. The van der Waals surface area contributed by atoms with E-state index in [-0.39, 0.29) is 23.6 Å². The molecule has 1 amide bonds. The monoisotopic (exact) mass is 484 g/mol. The van der Waals surface area contributed by atoms with Crippen LogP contribution in [0.1, 0.15) is 13.8 Å². The fourth-order valence-corrected chi connectivity index (χ4v) is 4.26. The van der Waals surface area contributed by atoms with Crippen LogP contribution in [-0.2, 0) is 25.4 Å². The molecule has 178 valence electrons. The number of nitrogens with zero attached hydrogens (tertiary/aromatic N) is 5. The number of carbonyl (C=O) groups excluding carboxylic acids is 1. The van der Waals surface area contributed by atoms with E-state index in [4.69, 9.17) is 9.47 Å². The van der Waals surface area contributed by atoms with Gasteiger partial charge >= 0.3 is 5.69 Å². The average molecular weight is 485 g/mol. The summed E-state index contributed by atoms with van der Waals surface area (Å²) in [6.45, 7) is 4.68. The third kappa shape index (κ3) is 4.31. The number of nitrogens with one attached hydrogen (secondary N) is 1. The highest BCUT2D eigenvalue weighted by atomic mass is 32.1. The van der Waals surface area contributed by atoms with Gasteiger partial charge in [0.2, 0.25) is 5.91 Å². The summed E-state index contributed by atoms with van der Waals surface area (Å²) >= 11 is 1.27. The summed E-state index contributed by atoms with van der Waals surface area (Å²) < 4.78 is 15.0. The number of carbonyl (C=O) groups is 1. The molecule has 3 heterocycles. The van der Waals surface area contributed by atoms with Crippen molar-refractivity contribution in [2.75, 3.05) is 18.5 Å². The molecule has 0 aliphatic rings. The van der Waals surface area contributed by atoms with E-state index in [1.165, 1.54) is 40.9 Å². The SMILES string of the molecule is CCOc1ccc(OCC)c(-c2csc(NC(=O)Cn3cnc4c3c(=O)n(C)c(=O)n4C)n2)c1. The van der Waals surface area contributed by atoms with Gasteiger partial charge in [-0.3, -0.25) is 18.7 Å². The average Bonchev–Trinajstić information content (AvgIpc) is 3.45. The van der Waals surface area contributed by atoms with Gasteiger partial charge in [0, 0.05) is 25.0 Å². The molecular weight excluding hydrogens is 460 g/mol. The van der Waals surface area contributed by atoms with E-state index >= 15 is 0 Å². The Labute approximate surface area is 198 Å². The Kier molecular flexibility index (Phi) is 6.50. The van der Waals surface area contributed by atoms with Crippen LogP contribution in [-0.4, -0.2) is 42.8 Å². The summed E-state index contributed by atoms with van der Waals surface area (Å²) in [4.78, 5) is 46.0. The number of fused-ring (bicyclic) bond motifs is 1. The van der Waals surface area contributed by atoms with Gasteiger partial charge in [-0.05, 0) is 32.0 Å². The molecule has 0 bridgehead atoms. The highest BCUT2D eigenvalue weighted by molar-refractivity contribution is 7.14. The third-order valence-corrected chi connectivity index (χ3v) is 5.88. The smallest absolute Gasteiger partial charge is 0.332 e. The molecule has 0 saturated heterocycles. The number of anilines is 1. The van der Waals surface area contributed by atoms with Gasteiger partial charge in [-0.2, -0.15) is 0 Å². The number of aromatic nitrogens is 5. The van der Waals surface area contributed by atoms with Gasteiger partial charge in [0.05, 0.1) is 25.2 Å². The maximum absolute atomic E-state index is 12.7. The summed E-state index contributed by atoms with van der Waals surface area (Å²) in [6, 6.07) is 5.52. The summed E-state index contributed by atoms with van der Waals surface area (Å²) in [5.74, 6) is 0.979. The molecule has 34 heavy (non-hydrogen) atoms. The van der Waals surface area contributed by atoms with E-state index in [2.05, 4.69) is 15.3 Å². The second kappa shape index (κ2) is 9.51. The van der Waals surface area contributed by atoms with Crippen LogP contribution in [0.2, 0.25) is 0 Å². The first-order chi connectivity index (χ1) is 16.3. The van der Waals surface area contributed by atoms with Gasteiger partial charge in [-0.15, -0.1) is 11.3 Å². The van der Waals surface area contributed by atoms with Crippen molar-refractivity contribution in [3.63, 3.8) is 0 Å². The zero-order valence-corrected chi connectivity index (χ0v) is 20.0. The van der Waals surface area contributed by atoms with Crippen molar-refractivity contribution >= 4 is 33.5 Å². The van der Waals surface area contributed by atoms with Crippen LogP contribution in [0.3, 0.4) is 0 Å². The number of imidazole rings is 1. The van der Waals surface area contributed by atoms with Crippen LogP contribution in [0.15, 0.2) is 39.5 Å². The number of hydrogen-bond donors (Lipinski definition) is 1. The van der Waals surface area contributed by atoms with Gasteiger partial charge in [0.1, 0.15) is 18.0 Å². The Morgan fingerprint density at radius 2 is 1.88 bits per heavy atom. The van der Waals surface area contributed by atoms with E-state index in [0.29, 0.717) is 35.5 Å². The quantitative estimate of drug-likeness (QED) is 0.406. The lowest BCUT2D eigenvalue weighted by Crippen LogP contribution is -2.37. The van der Waals surface area contributed by atoms with Crippen LogP contribution < -0.4 is 26.0 Å². The maximum Gasteiger partial charge on any atom is 0.332 e. The molecule has 1 N–H and O–H groups in total. The minimum absolute atomic E-state index is 0.164. The molecule has 4 rings (SSSR count). The van der Waals surface area contributed by atoms with Gasteiger partial charge in [-0.1, -0.05) is 0 Å². The first-order valence-electron chi connectivity index (χ1n) is 10.6. The van der Waals surface area contributed by atoms with Crippen molar-refractivity contribution in [1.82, 2.24) is 23.7 Å². The number of rotatable bonds is 8. The summed E-state index contributed by atoms with van der Waals surface area (Å²) in [7, 11) is 2.91. The van der Waals surface area contributed by atoms with Crippen LogP contribution in [0.25, 0.3) is 22.4 Å². The van der Waals surface area contributed by atoms with Crippen LogP contribution in [0.5, 0.6) is 11.5 Å². The van der Waals surface area contributed by atoms with Crippen molar-refractivity contribution in [3.05, 3.63) is 50.7 Å². The lowest BCUT2D eigenvalue weighted by atomic mass is 10.1. The molecule has 4 aromatic rings. The predicted molar refractivity (Wildman–Crippen MR) is 129 cm³/mol. The molecule has 11 nitrogen and oxygen atoms in total. The van der Waals surface area contributed by atoms with E-state index in [9.17, 15) is 14.4 Å². The second-order valence-corrected chi connectivity index (χ2v) is 8.22. The molecule has 0 aliphatic carbocycles. The second-order valence-electron chi connectivity index (χ2n) is 7.36. The predicted octanol–water partition coefficient (Wildman–Crippen LogP) is 1.99. The number of thiazole rings is 1. The Bertz CT molecular complexity index is 1480. The van der Waals surface area contributed by atoms with Crippen LogP contribution >= 0.6 is 11.3 Å². The number of benzene rings is 1. The molecule has 0 unspecified atom stereocenters. The summed E-state index contributed by atoms with van der Waals surface area (Å²) in [6.07, 6.45) is 1.37. The number of amides is 1. The minimum atomic E-state index is -0.516. The largest absolute Gasteiger partial charge is 0.494 e. The normalized spacial score (nSPS) is 11.1. The van der Waals surface area contributed by atoms with Gasteiger partial charge in [-0.25, -0.2) is 14.8 Å². The first kappa shape index (κ1) is 23.2. The lowest BCUT2D eigenvalue weighted by Gasteiger charge is -2.11. The minimum Gasteiger partial charge on any atom is -0.494 e. The van der Waals surface area contributed by atoms with Crippen LogP contribution in [0, 0.1) is 0 Å². The van der Waals surface area contributed by atoms with Crippen molar-refractivity contribution in [2.24, 2.45) is 14.1 Å². The number of ether oxygens (including phenoxy) is 2. The molecule has 0 radical (unpaired) electrons. The Hall–Kier alpha value is -3.93. The van der Waals surface area contributed by atoms with E-state index in [1.54, 1.807) is 0 Å². The lowest BCUT2D eigenvalue weighted by molar-refractivity contribution is -0.116. The first-order valence-corrected chi connectivity index (χ1v) is 11.5. The van der Waals surface area contributed by atoms with Gasteiger partial charge in [0.25, 0.3) is 5.56 Å². The Morgan fingerprint density at radius 1 is 1.12 bits per heavy atom. The summed E-state index contributed by atoms with van der Waals surface area (Å²) in [5.41, 5.74) is 0.792. The zero-order valence-electron chi connectivity index (χ0n) is 19.2. The molecule has 1 aromatic carbocycles. The van der Waals surface area contributed by atoms with Crippen molar-refractivity contribution in [3.8, 4) is 22.8 Å². The van der Waals surface area contributed by atoms with Crippen molar-refractivity contribution < 1.29 is 14.3 Å². The molecule has 3 aromatic heterocycles. The molecule has 0 saturated carbocycles. The van der Waals surface area contributed by atoms with Crippen molar-refractivity contribution in [2.45, 2.75) is 20.4 Å². The zero-order chi connectivity index (χ0) is 24.4. The standard InChI is InChI=1S/C22H24N6O5S/c1-5-32-13-7-8-16(33-6-2)14(9-13)15-11-34-21(24-15)25-17(29)10-28-12-23-19-18(28)20(30)27(4)22(31)26(19)3/h7-9,11-12H,5-6,10H2,1-4H3,(H,24,25,29). The fraction of sp³-hybridized carbons (Fsp3) is 0.318. The van der Waals surface area contributed by atoms with E-state index < -0.39 is 11.2 Å². The highest BCUT2D eigenvalue weighted by Crippen LogP contribution is 2.35. The third-order valence-electron chi connectivity index (χ3n) is 5.12.